The Balaban J connectivity index is 2.42. The minimum absolute atomic E-state index is 0.492. The van der Waals surface area contributed by atoms with E-state index in [0.717, 1.165) is 5.57 Å². The Hall–Kier alpha value is -2.04. The van der Waals surface area contributed by atoms with Crippen LogP contribution >= 0.6 is 0 Å². The molecule has 0 amide bonds. The van der Waals surface area contributed by atoms with Crippen molar-refractivity contribution in [2.45, 2.75) is 0 Å². The topological polar surface area (TPSA) is 55.3 Å². The first-order valence-electron chi connectivity index (χ1n) is 4.45. The van der Waals surface area contributed by atoms with Gasteiger partial charge < -0.3 is 13.7 Å². The van der Waals surface area contributed by atoms with E-state index in [1.54, 1.807) is 12.4 Å². The van der Waals surface area contributed by atoms with Crippen LogP contribution in [0, 0.1) is 0 Å². The highest BCUT2D eigenvalue weighted by molar-refractivity contribution is 5.69. The molecule has 2 aromatic rings. The molecule has 0 fully saturated rings. The molecule has 2 heterocycles. The van der Waals surface area contributed by atoms with E-state index in [-0.39, 0.29) is 0 Å². The van der Waals surface area contributed by atoms with Crippen LogP contribution in [-0.2, 0) is 0 Å². The van der Waals surface area contributed by atoms with Crippen LogP contribution in [0.3, 0.4) is 0 Å². The lowest BCUT2D eigenvalue weighted by Crippen LogP contribution is -2.03. The Kier molecular flexibility index (Phi) is 2.53. The predicted molar refractivity (Wildman–Crippen MR) is 53.8 cm³/mol. The Bertz CT molecular complexity index is 393. The molecule has 5 nitrogen and oxygen atoms in total. The third-order valence-electron chi connectivity index (χ3n) is 1.71. The molecule has 0 unspecified atom stereocenters. The van der Waals surface area contributed by atoms with E-state index >= 15 is 0 Å². The Morgan fingerprint density at radius 2 is 1.67 bits per heavy atom. The zero-order valence-corrected chi connectivity index (χ0v) is 8.54. The first-order chi connectivity index (χ1) is 7.27. The Morgan fingerprint density at radius 1 is 1.13 bits per heavy atom. The first-order valence-corrected chi connectivity index (χ1v) is 4.45. The number of hydrogen-bond acceptors (Lipinski definition) is 5. The van der Waals surface area contributed by atoms with Crippen LogP contribution in [0.5, 0.6) is 0 Å². The highest BCUT2D eigenvalue weighted by Crippen LogP contribution is 2.20. The van der Waals surface area contributed by atoms with Crippen molar-refractivity contribution in [1.29, 1.82) is 0 Å². The second kappa shape index (κ2) is 4.00. The van der Waals surface area contributed by atoms with Crippen molar-refractivity contribution in [3.05, 3.63) is 42.9 Å². The highest BCUT2D eigenvalue weighted by atomic mass is 16.4. The summed E-state index contributed by atoms with van der Waals surface area (Å²) in [4.78, 5) is 10.0. The van der Waals surface area contributed by atoms with Gasteiger partial charge in [-0.15, -0.1) is 0 Å². The van der Waals surface area contributed by atoms with Gasteiger partial charge in [-0.3, -0.25) is 0 Å². The van der Waals surface area contributed by atoms with E-state index < -0.39 is 0 Å². The quantitative estimate of drug-likeness (QED) is 0.762. The van der Waals surface area contributed by atoms with Gasteiger partial charge in [0.15, 0.2) is 0 Å². The molecule has 0 saturated carbocycles. The van der Waals surface area contributed by atoms with Crippen LogP contribution in [0.25, 0.3) is 5.57 Å². The number of rotatable bonds is 3. The van der Waals surface area contributed by atoms with Crippen LogP contribution in [0.15, 0.2) is 40.0 Å². The monoisotopic (exact) mass is 205 g/mol. The molecule has 0 N–H and O–H groups in total. The Labute approximate surface area is 87.0 Å². The molecule has 15 heavy (non-hydrogen) atoms. The minimum Gasteiger partial charge on any atom is -0.444 e. The van der Waals surface area contributed by atoms with Crippen LogP contribution in [0.2, 0.25) is 0 Å². The maximum Gasteiger partial charge on any atom is 0.232 e. The summed E-state index contributed by atoms with van der Waals surface area (Å²) < 4.78 is 10.4. The second-order valence-corrected chi connectivity index (χ2v) is 3.18. The third kappa shape index (κ3) is 2.07. The maximum absolute atomic E-state index is 5.21. The zero-order valence-electron chi connectivity index (χ0n) is 8.54. The van der Waals surface area contributed by atoms with E-state index in [1.165, 1.54) is 12.5 Å². The largest absolute Gasteiger partial charge is 0.444 e. The summed E-state index contributed by atoms with van der Waals surface area (Å²) in [5.41, 5.74) is 0.718. The smallest absolute Gasteiger partial charge is 0.232 e. The van der Waals surface area contributed by atoms with E-state index in [1.807, 2.05) is 25.2 Å². The SMILES string of the molecule is CN(C)C=C(c1ncco1)c1ncco1. The van der Waals surface area contributed by atoms with Gasteiger partial charge in [0.25, 0.3) is 0 Å². The summed E-state index contributed by atoms with van der Waals surface area (Å²) in [7, 11) is 3.82. The normalized spacial score (nSPS) is 10.0. The van der Waals surface area contributed by atoms with Gasteiger partial charge >= 0.3 is 0 Å². The van der Waals surface area contributed by atoms with Gasteiger partial charge in [0.1, 0.15) is 18.1 Å². The van der Waals surface area contributed by atoms with Crippen LogP contribution in [0.1, 0.15) is 11.8 Å². The van der Waals surface area contributed by atoms with Crippen molar-refractivity contribution in [2.24, 2.45) is 0 Å². The molecular formula is C10H11N3O2. The molecule has 2 rings (SSSR count). The van der Waals surface area contributed by atoms with Crippen molar-refractivity contribution in [2.75, 3.05) is 14.1 Å². The fourth-order valence-electron chi connectivity index (χ4n) is 1.17. The number of oxazole rings is 2. The predicted octanol–water partition coefficient (Wildman–Crippen LogP) is 1.61. The first kappa shape index (κ1) is 9.51. The fraction of sp³-hybridized carbons (Fsp3) is 0.200. The standard InChI is InChI=1S/C10H11N3O2/c1-13(2)7-8(9-11-3-5-14-9)10-12-4-6-15-10/h3-7H,1-2H3. The molecule has 0 spiro atoms. The zero-order chi connectivity index (χ0) is 10.7. The summed E-state index contributed by atoms with van der Waals surface area (Å²) >= 11 is 0. The van der Waals surface area contributed by atoms with Crippen molar-refractivity contribution >= 4 is 5.57 Å². The van der Waals surface area contributed by atoms with Gasteiger partial charge in [-0.05, 0) is 0 Å². The van der Waals surface area contributed by atoms with Gasteiger partial charge in [-0.25, -0.2) is 9.97 Å². The third-order valence-corrected chi connectivity index (χ3v) is 1.71. The van der Waals surface area contributed by atoms with E-state index in [0.29, 0.717) is 11.8 Å². The number of nitrogens with zero attached hydrogens (tertiary/aromatic N) is 3. The van der Waals surface area contributed by atoms with Crippen molar-refractivity contribution in [3.63, 3.8) is 0 Å². The lowest BCUT2D eigenvalue weighted by molar-refractivity contribution is 0.506. The van der Waals surface area contributed by atoms with Crippen molar-refractivity contribution < 1.29 is 8.83 Å². The van der Waals surface area contributed by atoms with Crippen molar-refractivity contribution in [1.82, 2.24) is 14.9 Å². The molecular weight excluding hydrogens is 194 g/mol. The van der Waals surface area contributed by atoms with Gasteiger partial charge in [0.05, 0.1) is 12.4 Å². The average molecular weight is 205 g/mol. The summed E-state index contributed by atoms with van der Waals surface area (Å²) in [6, 6.07) is 0. The molecule has 0 aliphatic heterocycles. The fourth-order valence-corrected chi connectivity index (χ4v) is 1.17. The molecule has 0 aromatic carbocycles. The lowest BCUT2D eigenvalue weighted by atomic mass is 10.3. The molecule has 0 saturated heterocycles. The van der Waals surface area contributed by atoms with Crippen LogP contribution < -0.4 is 0 Å². The summed E-state index contributed by atoms with van der Waals surface area (Å²) in [5.74, 6) is 0.984. The van der Waals surface area contributed by atoms with Crippen LogP contribution in [0.4, 0.5) is 0 Å². The molecule has 0 aliphatic rings. The van der Waals surface area contributed by atoms with Crippen molar-refractivity contribution in [3.8, 4) is 0 Å². The molecule has 0 bridgehead atoms. The van der Waals surface area contributed by atoms with Gasteiger partial charge in [0, 0.05) is 20.3 Å². The van der Waals surface area contributed by atoms with Crippen LogP contribution in [-0.4, -0.2) is 29.0 Å². The lowest BCUT2D eigenvalue weighted by Gasteiger charge is -2.06. The molecule has 2 aromatic heterocycles. The molecule has 0 aliphatic carbocycles. The average Bonchev–Trinajstić information content (AvgIpc) is 2.87. The summed E-state index contributed by atoms with van der Waals surface area (Å²) in [6.07, 6.45) is 8.05. The van der Waals surface area contributed by atoms with Gasteiger partial charge in [-0.1, -0.05) is 0 Å². The highest BCUT2D eigenvalue weighted by Gasteiger charge is 2.13. The van der Waals surface area contributed by atoms with E-state index in [4.69, 9.17) is 8.83 Å². The van der Waals surface area contributed by atoms with Gasteiger partial charge in [-0.2, -0.15) is 0 Å². The summed E-state index contributed by atoms with van der Waals surface area (Å²) in [6.45, 7) is 0. The second-order valence-electron chi connectivity index (χ2n) is 3.18. The maximum atomic E-state index is 5.21. The Morgan fingerprint density at radius 3 is 2.00 bits per heavy atom. The van der Waals surface area contributed by atoms with E-state index in [2.05, 4.69) is 9.97 Å². The number of hydrogen-bond donors (Lipinski definition) is 0. The molecule has 0 radical (unpaired) electrons. The van der Waals surface area contributed by atoms with Gasteiger partial charge in [0.2, 0.25) is 11.8 Å². The minimum atomic E-state index is 0.492. The number of aromatic nitrogens is 2. The van der Waals surface area contributed by atoms with E-state index in [9.17, 15) is 0 Å². The summed E-state index contributed by atoms with van der Waals surface area (Å²) in [5, 5.41) is 0. The molecule has 0 atom stereocenters. The molecule has 5 heteroatoms. The molecule has 78 valence electrons.